The SMILES string of the molecule is Cc1cc(C(C)(C)C)cc(C)c1N1c2cc(C(C)(C)C)cc3c2B(c2ccc(-c4coc5ccccc45)cc2N3c2cccc(-c3coc4ccccc34)c2)c2oc3ccc(C(C)(C)C)cc3c21. The molecule has 10 aromatic rings. The first-order chi connectivity index (χ1) is 32.4. The molecule has 2 aliphatic heterocycles. The standard InChI is InChI=1S/C62H57BN2O3/c1-36-27-41(61(6,7)8)28-37(2)57(36)65-52-33-42(62(9,10)11)32-51-56(52)63(59-58(65)46-31-40(60(3,4)5)24-26-55(46)68-59)49-25-23-39(48-35-67-54-22-15-13-20-45(48)54)30-50(49)64(51)43-18-16-17-38(29-43)47-34-66-53-21-14-12-19-44(47)53/h12-35H,1-11H3. The molecule has 0 unspecified atom stereocenters. The molecule has 5 heterocycles. The van der Waals surface area contributed by atoms with Crippen molar-refractivity contribution >= 4 is 90.3 Å². The third kappa shape index (κ3) is 6.44. The van der Waals surface area contributed by atoms with Gasteiger partial charge in [0.25, 0.3) is 6.71 Å². The number of furan rings is 3. The first-order valence-electron chi connectivity index (χ1n) is 24.1. The molecule has 5 nitrogen and oxygen atoms in total. The molecule has 68 heavy (non-hydrogen) atoms. The maximum absolute atomic E-state index is 7.40. The Morgan fingerprint density at radius 1 is 0.441 bits per heavy atom. The van der Waals surface area contributed by atoms with E-state index in [1.54, 1.807) is 0 Å². The average Bonchev–Trinajstić information content (AvgIpc) is 4.04. The molecule has 0 amide bonds. The number of benzene rings is 7. The molecule has 2 aliphatic rings. The molecule has 7 aromatic carbocycles. The van der Waals surface area contributed by atoms with E-state index in [-0.39, 0.29) is 23.0 Å². The van der Waals surface area contributed by atoms with Gasteiger partial charge in [0.2, 0.25) is 0 Å². The molecular weight excluding hydrogens is 832 g/mol. The highest BCUT2D eigenvalue weighted by Gasteiger charge is 2.48. The lowest BCUT2D eigenvalue weighted by Crippen LogP contribution is -2.61. The quantitative estimate of drug-likeness (QED) is 0.165. The van der Waals surface area contributed by atoms with Gasteiger partial charge in [-0.05, 0) is 135 Å². The number of anilines is 6. The molecule has 6 heteroatoms. The lowest BCUT2D eigenvalue weighted by molar-refractivity contribution is 0.589. The molecule has 0 saturated carbocycles. The van der Waals surface area contributed by atoms with Gasteiger partial charge >= 0.3 is 0 Å². The summed E-state index contributed by atoms with van der Waals surface area (Å²) in [5, 5.41) is 3.31. The minimum absolute atomic E-state index is 0.00936. The van der Waals surface area contributed by atoms with Gasteiger partial charge in [0, 0.05) is 50.0 Å². The number of hydrogen-bond acceptors (Lipinski definition) is 5. The van der Waals surface area contributed by atoms with Gasteiger partial charge < -0.3 is 23.1 Å². The summed E-state index contributed by atoms with van der Waals surface area (Å²) in [5.74, 6) is 0. The van der Waals surface area contributed by atoms with Crippen LogP contribution in [0.25, 0.3) is 55.2 Å². The highest BCUT2D eigenvalue weighted by Crippen LogP contribution is 2.51. The molecule has 3 aromatic heterocycles. The van der Waals surface area contributed by atoms with Crippen LogP contribution in [0.1, 0.15) is 90.1 Å². The number of para-hydroxylation sites is 2. The highest BCUT2D eigenvalue weighted by atomic mass is 16.3. The lowest BCUT2D eigenvalue weighted by Gasteiger charge is -2.44. The second-order valence-electron chi connectivity index (χ2n) is 22.4. The topological polar surface area (TPSA) is 45.9 Å². The monoisotopic (exact) mass is 888 g/mol. The summed E-state index contributed by atoms with van der Waals surface area (Å²) in [4.78, 5) is 5.10. The van der Waals surface area contributed by atoms with Crippen LogP contribution in [-0.4, -0.2) is 6.71 Å². The van der Waals surface area contributed by atoms with Gasteiger partial charge in [0.15, 0.2) is 0 Å². The van der Waals surface area contributed by atoms with E-state index in [4.69, 9.17) is 13.3 Å². The maximum Gasteiger partial charge on any atom is 0.297 e. The van der Waals surface area contributed by atoms with Gasteiger partial charge in [-0.2, -0.15) is 0 Å². The number of aryl methyl sites for hydroxylation is 2. The third-order valence-electron chi connectivity index (χ3n) is 14.7. The molecule has 0 N–H and O–H groups in total. The van der Waals surface area contributed by atoms with E-state index in [2.05, 4.69) is 195 Å². The largest absolute Gasteiger partial charge is 0.468 e. The van der Waals surface area contributed by atoms with E-state index in [1.807, 2.05) is 36.8 Å². The summed E-state index contributed by atoms with van der Waals surface area (Å²) in [7, 11) is 0. The van der Waals surface area contributed by atoms with Crippen molar-refractivity contribution < 1.29 is 13.3 Å². The van der Waals surface area contributed by atoms with E-state index < -0.39 is 0 Å². The van der Waals surface area contributed by atoms with Gasteiger partial charge in [-0.1, -0.05) is 141 Å². The van der Waals surface area contributed by atoms with Crippen LogP contribution in [-0.2, 0) is 16.2 Å². The molecule has 0 aliphatic carbocycles. The Bertz CT molecular complexity index is 3670. The summed E-state index contributed by atoms with van der Waals surface area (Å²) in [5.41, 5.74) is 23.2. The van der Waals surface area contributed by atoms with Crippen LogP contribution in [0.2, 0.25) is 0 Å². The second kappa shape index (κ2) is 14.7. The second-order valence-corrected chi connectivity index (χ2v) is 22.4. The molecule has 0 saturated heterocycles. The molecule has 0 radical (unpaired) electrons. The van der Waals surface area contributed by atoms with Crippen LogP contribution in [0.3, 0.4) is 0 Å². The number of rotatable bonds is 4. The number of fused-ring (bicyclic) bond motifs is 8. The molecule has 336 valence electrons. The van der Waals surface area contributed by atoms with Crippen LogP contribution < -0.4 is 26.4 Å². The van der Waals surface area contributed by atoms with Crippen molar-refractivity contribution in [2.24, 2.45) is 0 Å². The van der Waals surface area contributed by atoms with Gasteiger partial charge in [0.1, 0.15) is 16.7 Å². The Kier molecular flexibility index (Phi) is 9.10. The Morgan fingerprint density at radius 3 is 1.63 bits per heavy atom. The van der Waals surface area contributed by atoms with Crippen LogP contribution in [0.5, 0.6) is 0 Å². The fourth-order valence-corrected chi connectivity index (χ4v) is 11.0. The van der Waals surface area contributed by atoms with E-state index in [0.29, 0.717) is 0 Å². The number of nitrogens with zero attached hydrogens (tertiary/aromatic N) is 2. The summed E-state index contributed by atoms with van der Waals surface area (Å²) >= 11 is 0. The zero-order valence-electron chi connectivity index (χ0n) is 41.1. The van der Waals surface area contributed by atoms with Crippen molar-refractivity contribution in [1.29, 1.82) is 0 Å². The molecular formula is C62H57BN2O3. The smallest absolute Gasteiger partial charge is 0.297 e. The molecule has 0 bridgehead atoms. The minimum atomic E-state index is -0.206. The summed E-state index contributed by atoms with van der Waals surface area (Å²) in [6, 6.07) is 49.2. The Balaban J connectivity index is 1.20. The Labute approximate surface area is 400 Å². The Hall–Kier alpha value is -7.18. The van der Waals surface area contributed by atoms with Crippen LogP contribution >= 0.6 is 0 Å². The van der Waals surface area contributed by atoms with Crippen LogP contribution in [0, 0.1) is 13.8 Å². The zero-order chi connectivity index (χ0) is 47.2. The van der Waals surface area contributed by atoms with Gasteiger partial charge in [-0.25, -0.2) is 0 Å². The summed E-state index contributed by atoms with van der Waals surface area (Å²) in [6.45, 7) is 25.2. The highest BCUT2D eigenvalue weighted by molar-refractivity contribution is 7.00. The first kappa shape index (κ1) is 42.2. The molecule has 0 atom stereocenters. The van der Waals surface area contributed by atoms with Crippen molar-refractivity contribution in [2.45, 2.75) is 92.4 Å². The maximum atomic E-state index is 7.40. The zero-order valence-corrected chi connectivity index (χ0v) is 41.1. The van der Waals surface area contributed by atoms with Crippen molar-refractivity contribution in [3.05, 3.63) is 174 Å². The Morgan fingerprint density at radius 2 is 1.01 bits per heavy atom. The van der Waals surface area contributed by atoms with Crippen LogP contribution in [0.4, 0.5) is 34.1 Å². The van der Waals surface area contributed by atoms with Crippen LogP contribution in [0.15, 0.2) is 159 Å². The van der Waals surface area contributed by atoms with Crippen molar-refractivity contribution in [2.75, 3.05) is 9.80 Å². The molecule has 0 spiro atoms. The van der Waals surface area contributed by atoms with E-state index >= 15 is 0 Å². The van der Waals surface area contributed by atoms with Crippen molar-refractivity contribution in [1.82, 2.24) is 0 Å². The predicted molar refractivity (Wildman–Crippen MR) is 286 cm³/mol. The third-order valence-corrected chi connectivity index (χ3v) is 14.7. The van der Waals surface area contributed by atoms with E-state index in [1.165, 1.54) is 50.1 Å². The van der Waals surface area contributed by atoms with E-state index in [0.717, 1.165) is 83.6 Å². The van der Waals surface area contributed by atoms with E-state index in [9.17, 15) is 0 Å². The van der Waals surface area contributed by atoms with Crippen molar-refractivity contribution in [3.63, 3.8) is 0 Å². The van der Waals surface area contributed by atoms with Gasteiger partial charge in [-0.15, -0.1) is 0 Å². The predicted octanol–water partition coefficient (Wildman–Crippen LogP) is 15.9. The fraction of sp³-hybridized carbons (Fsp3) is 0.226. The van der Waals surface area contributed by atoms with Crippen molar-refractivity contribution in [3.8, 4) is 22.3 Å². The van der Waals surface area contributed by atoms with Gasteiger partial charge in [-0.3, -0.25) is 0 Å². The average molecular weight is 889 g/mol. The number of hydrogen-bond donors (Lipinski definition) is 0. The summed E-state index contributed by atoms with van der Waals surface area (Å²) < 4.78 is 19.7. The van der Waals surface area contributed by atoms with Gasteiger partial charge in [0.05, 0.1) is 29.6 Å². The normalized spacial score (nSPS) is 13.7. The molecule has 12 rings (SSSR count). The lowest BCUT2D eigenvalue weighted by atomic mass is 9.35. The molecule has 0 fully saturated rings. The minimum Gasteiger partial charge on any atom is -0.468 e. The fourth-order valence-electron chi connectivity index (χ4n) is 11.0. The summed E-state index contributed by atoms with van der Waals surface area (Å²) in [6.07, 6.45) is 3.81. The first-order valence-corrected chi connectivity index (χ1v) is 24.1.